The van der Waals surface area contributed by atoms with Gasteiger partial charge in [-0.1, -0.05) is 36.4 Å². The lowest BCUT2D eigenvalue weighted by atomic mass is 9.82. The summed E-state index contributed by atoms with van der Waals surface area (Å²) >= 11 is 0. The predicted octanol–water partition coefficient (Wildman–Crippen LogP) is 4.66. The first-order valence-electron chi connectivity index (χ1n) is 8.51. The lowest BCUT2D eigenvalue weighted by Crippen LogP contribution is -2.33. The molecule has 3 nitrogen and oxygen atoms in total. The first-order chi connectivity index (χ1) is 12.3. The van der Waals surface area contributed by atoms with Gasteiger partial charge in [0.25, 0.3) is 0 Å². The summed E-state index contributed by atoms with van der Waals surface area (Å²) in [5.41, 5.74) is 3.06. The summed E-state index contributed by atoms with van der Waals surface area (Å²) in [5, 5.41) is 0. The van der Waals surface area contributed by atoms with Crippen LogP contribution >= 0.6 is 0 Å². The highest BCUT2D eigenvalue weighted by Crippen LogP contribution is 2.33. The van der Waals surface area contributed by atoms with Crippen molar-refractivity contribution in [1.29, 1.82) is 0 Å². The molecule has 0 aliphatic heterocycles. The number of nitrogens with zero attached hydrogens (tertiary/aromatic N) is 1. The van der Waals surface area contributed by atoms with Gasteiger partial charge in [0.2, 0.25) is 5.91 Å². The number of ether oxygens (including phenoxy) is 1. The summed E-state index contributed by atoms with van der Waals surface area (Å²) in [6, 6.07) is 13.6. The van der Waals surface area contributed by atoms with Gasteiger partial charge in [0.1, 0.15) is 5.75 Å². The Morgan fingerprint density at radius 1 is 1.15 bits per heavy atom. The number of rotatable bonds is 4. The third kappa shape index (κ3) is 4.36. The van der Waals surface area contributed by atoms with Crippen LogP contribution in [0.25, 0.3) is 0 Å². The van der Waals surface area contributed by atoms with Gasteiger partial charge >= 0.3 is 6.36 Å². The van der Waals surface area contributed by atoms with Crippen LogP contribution in [0, 0.1) is 0 Å². The van der Waals surface area contributed by atoms with Crippen molar-refractivity contribution in [3.05, 3.63) is 65.2 Å². The van der Waals surface area contributed by atoms with Crippen LogP contribution in [0.2, 0.25) is 0 Å². The molecule has 0 saturated carbocycles. The fourth-order valence-corrected chi connectivity index (χ4v) is 3.42. The molecule has 1 aliphatic carbocycles. The van der Waals surface area contributed by atoms with Crippen LogP contribution in [0.5, 0.6) is 5.75 Å². The molecule has 138 valence electrons. The second-order valence-corrected chi connectivity index (χ2v) is 6.53. The zero-order valence-electron chi connectivity index (χ0n) is 14.4. The van der Waals surface area contributed by atoms with Crippen molar-refractivity contribution < 1.29 is 22.7 Å². The largest absolute Gasteiger partial charge is 0.573 e. The Labute approximate surface area is 150 Å². The zero-order chi connectivity index (χ0) is 18.7. The molecule has 3 rings (SSSR count). The Hall–Kier alpha value is -2.50. The molecule has 0 bridgehead atoms. The van der Waals surface area contributed by atoms with E-state index in [4.69, 9.17) is 0 Å². The van der Waals surface area contributed by atoms with Crippen LogP contribution < -0.4 is 4.74 Å². The zero-order valence-corrected chi connectivity index (χ0v) is 14.4. The van der Waals surface area contributed by atoms with Crippen molar-refractivity contribution in [1.82, 2.24) is 4.90 Å². The van der Waals surface area contributed by atoms with E-state index in [1.54, 1.807) is 24.1 Å². The van der Waals surface area contributed by atoms with Gasteiger partial charge in [0.15, 0.2) is 0 Å². The van der Waals surface area contributed by atoms with Crippen molar-refractivity contribution >= 4 is 5.91 Å². The molecular weight excluding hydrogens is 343 g/mol. The Morgan fingerprint density at radius 3 is 2.54 bits per heavy atom. The molecule has 0 saturated heterocycles. The van der Waals surface area contributed by atoms with Gasteiger partial charge in [-0.15, -0.1) is 13.2 Å². The predicted molar refractivity (Wildman–Crippen MR) is 91.7 cm³/mol. The van der Waals surface area contributed by atoms with Gasteiger partial charge in [-0.3, -0.25) is 4.79 Å². The van der Waals surface area contributed by atoms with Gasteiger partial charge in [-0.25, -0.2) is 0 Å². The second kappa shape index (κ2) is 7.40. The molecule has 1 atom stereocenters. The van der Waals surface area contributed by atoms with Crippen molar-refractivity contribution in [2.24, 2.45) is 0 Å². The number of fused-ring (bicyclic) bond motifs is 1. The van der Waals surface area contributed by atoms with Crippen LogP contribution in [0.1, 0.15) is 35.4 Å². The molecule has 2 aromatic carbocycles. The molecule has 0 aromatic heterocycles. The lowest BCUT2D eigenvalue weighted by molar-refractivity contribution is -0.274. The Balaban J connectivity index is 1.67. The molecule has 0 heterocycles. The van der Waals surface area contributed by atoms with Crippen molar-refractivity contribution in [2.45, 2.75) is 38.1 Å². The summed E-state index contributed by atoms with van der Waals surface area (Å²) in [6.07, 6.45) is -1.92. The van der Waals surface area contributed by atoms with Gasteiger partial charge in [-0.2, -0.15) is 0 Å². The first-order valence-corrected chi connectivity index (χ1v) is 8.51. The highest BCUT2D eigenvalue weighted by Gasteiger charge is 2.31. The smallest absolute Gasteiger partial charge is 0.406 e. The number of halogens is 3. The van der Waals surface area contributed by atoms with Crippen LogP contribution in [0.15, 0.2) is 48.5 Å². The SMILES string of the molecule is CN(Cc1ccc(OC(F)(F)F)cc1)C(=O)C1CCCc2ccccc21. The summed E-state index contributed by atoms with van der Waals surface area (Å²) in [6.45, 7) is 0.337. The Morgan fingerprint density at radius 2 is 1.85 bits per heavy atom. The van der Waals surface area contributed by atoms with Gasteiger partial charge in [0, 0.05) is 13.6 Å². The van der Waals surface area contributed by atoms with Crippen LogP contribution in [0.4, 0.5) is 13.2 Å². The molecule has 0 radical (unpaired) electrons. The summed E-state index contributed by atoms with van der Waals surface area (Å²) in [7, 11) is 1.72. The standard InChI is InChI=1S/C20H20F3NO2/c1-24(13-14-9-11-16(12-10-14)26-20(21,22)23)19(25)18-8-4-6-15-5-2-3-7-17(15)18/h2-3,5,7,9-12,18H,4,6,8,13H2,1H3. The fraction of sp³-hybridized carbons (Fsp3) is 0.350. The number of carbonyl (C=O) groups excluding carboxylic acids is 1. The average Bonchev–Trinajstić information content (AvgIpc) is 2.61. The molecule has 0 spiro atoms. The number of amides is 1. The topological polar surface area (TPSA) is 29.5 Å². The maximum atomic E-state index is 12.9. The first kappa shape index (κ1) is 18.3. The van der Waals surface area contributed by atoms with Gasteiger partial charge < -0.3 is 9.64 Å². The third-order valence-electron chi connectivity index (χ3n) is 4.62. The Bertz CT molecular complexity index is 771. The number of benzene rings is 2. The molecule has 2 aromatic rings. The number of aryl methyl sites for hydroxylation is 1. The van der Waals surface area contributed by atoms with Crippen molar-refractivity contribution in [2.75, 3.05) is 7.05 Å². The Kier molecular flexibility index (Phi) is 5.20. The number of hydrogen-bond donors (Lipinski definition) is 0. The van der Waals surface area contributed by atoms with E-state index in [1.165, 1.54) is 17.7 Å². The van der Waals surface area contributed by atoms with E-state index in [2.05, 4.69) is 10.8 Å². The second-order valence-electron chi connectivity index (χ2n) is 6.53. The normalized spacial score (nSPS) is 16.7. The monoisotopic (exact) mass is 363 g/mol. The lowest BCUT2D eigenvalue weighted by Gasteiger charge is -2.28. The third-order valence-corrected chi connectivity index (χ3v) is 4.62. The van der Waals surface area contributed by atoms with Crippen molar-refractivity contribution in [3.63, 3.8) is 0 Å². The highest BCUT2D eigenvalue weighted by atomic mass is 19.4. The van der Waals surface area contributed by atoms with Crippen molar-refractivity contribution in [3.8, 4) is 5.75 Å². The molecule has 0 N–H and O–H groups in total. The molecule has 1 unspecified atom stereocenters. The molecule has 1 amide bonds. The van der Waals surface area contributed by atoms with E-state index in [9.17, 15) is 18.0 Å². The number of alkyl halides is 3. The van der Waals surface area contributed by atoms with Gasteiger partial charge in [-0.05, 0) is 48.1 Å². The molecule has 6 heteroatoms. The molecule has 1 aliphatic rings. The molecular formula is C20H20F3NO2. The molecule has 26 heavy (non-hydrogen) atoms. The fourth-order valence-electron chi connectivity index (χ4n) is 3.42. The van der Waals surface area contributed by atoms with E-state index in [-0.39, 0.29) is 17.6 Å². The van der Waals surface area contributed by atoms with Crippen LogP contribution in [0.3, 0.4) is 0 Å². The summed E-state index contributed by atoms with van der Waals surface area (Å²) in [5.74, 6) is -0.387. The minimum absolute atomic E-state index is 0.0350. The summed E-state index contributed by atoms with van der Waals surface area (Å²) < 4.78 is 40.5. The average molecular weight is 363 g/mol. The number of hydrogen-bond acceptors (Lipinski definition) is 2. The molecule has 0 fully saturated rings. The summed E-state index contributed by atoms with van der Waals surface area (Å²) in [4.78, 5) is 14.5. The number of likely N-dealkylation sites (N-methyl/N-ethyl adjacent to an activating group) is 1. The minimum atomic E-state index is -4.71. The quantitative estimate of drug-likeness (QED) is 0.790. The maximum Gasteiger partial charge on any atom is 0.573 e. The van der Waals surface area contributed by atoms with E-state index >= 15 is 0 Å². The maximum absolute atomic E-state index is 12.9. The van der Waals surface area contributed by atoms with Crippen LogP contribution in [-0.4, -0.2) is 24.2 Å². The number of carbonyl (C=O) groups is 1. The van der Waals surface area contributed by atoms with Crippen LogP contribution in [-0.2, 0) is 17.8 Å². The van der Waals surface area contributed by atoms with E-state index in [0.29, 0.717) is 6.54 Å². The van der Waals surface area contributed by atoms with E-state index in [1.807, 2.05) is 18.2 Å². The van der Waals surface area contributed by atoms with E-state index < -0.39 is 6.36 Å². The van der Waals surface area contributed by atoms with Gasteiger partial charge in [0.05, 0.1) is 5.92 Å². The highest BCUT2D eigenvalue weighted by molar-refractivity contribution is 5.84. The minimum Gasteiger partial charge on any atom is -0.406 e. The van der Waals surface area contributed by atoms with E-state index in [0.717, 1.165) is 30.4 Å².